The van der Waals surface area contributed by atoms with E-state index in [1.165, 1.54) is 14.1 Å². The van der Waals surface area contributed by atoms with Gasteiger partial charge in [-0.3, -0.25) is 14.2 Å². The molecule has 0 fully saturated rings. The first kappa shape index (κ1) is 18.1. The molecule has 0 saturated carbocycles. The topological polar surface area (TPSA) is 98.3 Å². The van der Waals surface area contributed by atoms with Crippen LogP contribution >= 0.6 is 23.1 Å². The van der Waals surface area contributed by atoms with Crippen LogP contribution < -0.4 is 16.7 Å². The molecule has 0 saturated heterocycles. The predicted molar refractivity (Wildman–Crippen MR) is 94.7 cm³/mol. The second kappa shape index (κ2) is 8.06. The zero-order valence-corrected chi connectivity index (χ0v) is 15.1. The maximum absolute atomic E-state index is 11.9. The van der Waals surface area contributed by atoms with Crippen molar-refractivity contribution in [3.8, 4) is 0 Å². The number of nitrogens with one attached hydrogen (secondary N) is 1. The monoisotopic (exact) mass is 367 g/mol. The number of rotatable bonds is 6. The number of aromatic nitrogens is 3. The van der Waals surface area contributed by atoms with Gasteiger partial charge in [0.1, 0.15) is 0 Å². The van der Waals surface area contributed by atoms with Crippen molar-refractivity contribution < 1.29 is 4.79 Å². The van der Waals surface area contributed by atoms with Crippen LogP contribution in [-0.2, 0) is 18.9 Å². The molecule has 24 heavy (non-hydrogen) atoms. The number of amides is 1. The first-order chi connectivity index (χ1) is 11.4. The summed E-state index contributed by atoms with van der Waals surface area (Å²) in [5.74, 6) is -0.369. The number of carbonyl (C=O) groups is 1. The average Bonchev–Trinajstić information content (AvgIpc) is 3.10. The van der Waals surface area contributed by atoms with Gasteiger partial charge in [0, 0.05) is 14.1 Å². The molecule has 0 atom stereocenters. The van der Waals surface area contributed by atoms with Gasteiger partial charge < -0.3 is 0 Å². The number of nitrogens with zero attached hydrogens (tertiary/aromatic N) is 4. The van der Waals surface area contributed by atoms with Crippen molar-refractivity contribution in [1.82, 2.24) is 19.8 Å². The summed E-state index contributed by atoms with van der Waals surface area (Å²) in [6.45, 7) is 1.96. The second-order valence-electron chi connectivity index (χ2n) is 4.79. The van der Waals surface area contributed by atoms with Gasteiger partial charge in [-0.15, -0.1) is 11.3 Å². The van der Waals surface area contributed by atoms with E-state index in [4.69, 9.17) is 0 Å². The number of thiophene rings is 1. The third-order valence-corrected chi connectivity index (χ3v) is 4.94. The minimum Gasteiger partial charge on any atom is -0.272 e. The van der Waals surface area contributed by atoms with Crippen molar-refractivity contribution >= 4 is 34.7 Å². The van der Waals surface area contributed by atoms with E-state index >= 15 is 0 Å². The van der Waals surface area contributed by atoms with Gasteiger partial charge in [0.25, 0.3) is 5.56 Å². The Morgan fingerprint density at radius 2 is 2.17 bits per heavy atom. The molecule has 0 aliphatic carbocycles. The summed E-state index contributed by atoms with van der Waals surface area (Å²) in [7, 11) is 2.82. The first-order valence-electron chi connectivity index (χ1n) is 7.10. The lowest BCUT2D eigenvalue weighted by molar-refractivity contribution is -0.118. The van der Waals surface area contributed by atoms with Crippen LogP contribution in [0.2, 0.25) is 0 Å². The summed E-state index contributed by atoms with van der Waals surface area (Å²) >= 11 is 2.52. The van der Waals surface area contributed by atoms with E-state index in [2.05, 4.69) is 15.6 Å². The Morgan fingerprint density at radius 3 is 2.79 bits per heavy atom. The molecule has 0 bridgehead atoms. The molecule has 2 rings (SSSR count). The van der Waals surface area contributed by atoms with Crippen molar-refractivity contribution in [3.05, 3.63) is 43.2 Å². The molecule has 0 spiro atoms. The van der Waals surface area contributed by atoms with Gasteiger partial charge in [-0.25, -0.2) is 14.9 Å². The normalized spacial score (nSPS) is 11.5. The molecule has 1 N–H and O–H groups in total. The van der Waals surface area contributed by atoms with Crippen LogP contribution in [0.25, 0.3) is 0 Å². The molecule has 0 aliphatic rings. The Labute approximate surface area is 146 Å². The molecule has 2 aromatic rings. The summed E-state index contributed by atoms with van der Waals surface area (Å²) < 4.78 is 2.02. The van der Waals surface area contributed by atoms with Gasteiger partial charge in [0.2, 0.25) is 5.91 Å². The molecule has 10 heteroatoms. The summed E-state index contributed by atoms with van der Waals surface area (Å²) in [5.41, 5.74) is 2.24. The smallest absolute Gasteiger partial charge is 0.272 e. The maximum atomic E-state index is 11.9. The van der Waals surface area contributed by atoms with Gasteiger partial charge in [0.15, 0.2) is 5.03 Å². The molecule has 0 aliphatic heterocycles. The third-order valence-electron chi connectivity index (χ3n) is 3.09. The summed E-state index contributed by atoms with van der Waals surface area (Å²) in [5, 5.41) is 10.0. The Bertz CT molecular complexity index is 868. The lowest BCUT2D eigenvalue weighted by Crippen LogP contribution is -2.39. The van der Waals surface area contributed by atoms with E-state index in [9.17, 15) is 14.4 Å². The van der Waals surface area contributed by atoms with E-state index in [0.29, 0.717) is 6.42 Å². The van der Waals surface area contributed by atoms with Crippen LogP contribution in [0.5, 0.6) is 0 Å². The number of hydrogen-bond acceptors (Lipinski definition) is 7. The van der Waals surface area contributed by atoms with Gasteiger partial charge >= 0.3 is 5.69 Å². The van der Waals surface area contributed by atoms with Crippen LogP contribution in [-0.4, -0.2) is 31.7 Å². The fraction of sp³-hybridized carbons (Fsp3) is 0.357. The van der Waals surface area contributed by atoms with Crippen molar-refractivity contribution in [3.63, 3.8) is 0 Å². The molecule has 2 aromatic heterocycles. The molecule has 0 aromatic carbocycles. The molecule has 0 radical (unpaired) electrons. The van der Waals surface area contributed by atoms with Crippen molar-refractivity contribution in [2.75, 3.05) is 5.75 Å². The zero-order valence-electron chi connectivity index (χ0n) is 13.5. The number of carbonyl (C=O) groups excluding carboxylic acids is 1. The van der Waals surface area contributed by atoms with Crippen molar-refractivity contribution in [1.29, 1.82) is 0 Å². The second-order valence-corrected chi connectivity index (χ2v) is 6.70. The quantitative estimate of drug-likeness (QED) is 0.457. The van der Waals surface area contributed by atoms with Crippen LogP contribution in [0.15, 0.2) is 37.2 Å². The molecule has 2 heterocycles. The van der Waals surface area contributed by atoms with Crippen LogP contribution in [0.4, 0.5) is 0 Å². The number of hydrogen-bond donors (Lipinski definition) is 1. The van der Waals surface area contributed by atoms with Crippen LogP contribution in [0, 0.1) is 0 Å². The SMILES string of the molecule is CC/C(=N/NC(=O)CSc1nn(C)c(=O)n(C)c1=O)c1cccs1. The van der Waals surface area contributed by atoms with E-state index in [1.807, 2.05) is 24.4 Å². The Kier molecular flexibility index (Phi) is 6.10. The molecule has 1 amide bonds. The first-order valence-corrected chi connectivity index (χ1v) is 8.97. The van der Waals surface area contributed by atoms with Gasteiger partial charge in [-0.2, -0.15) is 10.2 Å². The predicted octanol–water partition coefficient (Wildman–Crippen LogP) is 0.563. The Hall–Kier alpha value is -2.20. The highest BCUT2D eigenvalue weighted by Gasteiger charge is 2.12. The van der Waals surface area contributed by atoms with Crippen molar-refractivity contribution in [2.24, 2.45) is 19.2 Å². The minimum absolute atomic E-state index is 0.0224. The Balaban J connectivity index is 2.02. The lowest BCUT2D eigenvalue weighted by atomic mass is 10.2. The summed E-state index contributed by atoms with van der Waals surface area (Å²) in [6.07, 6.45) is 0.691. The largest absolute Gasteiger partial charge is 0.346 e. The highest BCUT2D eigenvalue weighted by Crippen LogP contribution is 2.12. The average molecular weight is 367 g/mol. The van der Waals surface area contributed by atoms with E-state index in [1.54, 1.807) is 11.3 Å². The zero-order chi connectivity index (χ0) is 17.7. The fourth-order valence-corrected chi connectivity index (χ4v) is 3.37. The van der Waals surface area contributed by atoms with E-state index in [0.717, 1.165) is 31.6 Å². The van der Waals surface area contributed by atoms with Gasteiger partial charge in [-0.05, 0) is 17.9 Å². The number of hydrazone groups is 1. The lowest BCUT2D eigenvalue weighted by Gasteiger charge is -2.05. The molecule has 0 unspecified atom stereocenters. The van der Waals surface area contributed by atoms with Crippen LogP contribution in [0.1, 0.15) is 18.2 Å². The maximum Gasteiger partial charge on any atom is 0.346 e. The molecule has 128 valence electrons. The Morgan fingerprint density at radius 1 is 1.42 bits per heavy atom. The van der Waals surface area contributed by atoms with Gasteiger partial charge in [0.05, 0.1) is 16.3 Å². The molecular formula is C14H17N5O3S2. The van der Waals surface area contributed by atoms with Gasteiger partial charge in [-0.1, -0.05) is 24.8 Å². The minimum atomic E-state index is -0.521. The van der Waals surface area contributed by atoms with Crippen LogP contribution in [0.3, 0.4) is 0 Å². The standard InChI is InChI=1S/C14H17N5O3S2/c1-4-9(10-6-5-7-23-10)15-16-11(20)8-24-12-13(21)18(2)14(22)19(3)17-12/h5-7H,4,8H2,1-3H3,(H,16,20)/b15-9-. The number of aryl methyl sites for hydroxylation is 1. The highest BCUT2D eigenvalue weighted by molar-refractivity contribution is 7.99. The van der Waals surface area contributed by atoms with Crippen molar-refractivity contribution in [2.45, 2.75) is 18.4 Å². The summed E-state index contributed by atoms with van der Waals surface area (Å²) in [6, 6.07) is 3.86. The molecular weight excluding hydrogens is 350 g/mol. The third kappa shape index (κ3) is 4.20. The van der Waals surface area contributed by atoms with E-state index < -0.39 is 11.2 Å². The fourth-order valence-electron chi connectivity index (χ4n) is 1.81. The molecule has 8 nitrogen and oxygen atoms in total. The summed E-state index contributed by atoms with van der Waals surface area (Å²) in [4.78, 5) is 36.4. The number of thioether (sulfide) groups is 1. The van der Waals surface area contributed by atoms with E-state index in [-0.39, 0.29) is 16.7 Å². The highest BCUT2D eigenvalue weighted by atomic mass is 32.2.